The summed E-state index contributed by atoms with van der Waals surface area (Å²) in [5.74, 6) is 0.690. The zero-order valence-corrected chi connectivity index (χ0v) is 25.8. The molecule has 0 bridgehead atoms. The summed E-state index contributed by atoms with van der Waals surface area (Å²) in [5, 5.41) is 0. The van der Waals surface area contributed by atoms with E-state index in [0.29, 0.717) is 32.1 Å². The number of carbonyl (C=O) groups is 1. The lowest BCUT2D eigenvalue weighted by molar-refractivity contribution is -0.00878. The van der Waals surface area contributed by atoms with E-state index in [1.54, 1.807) is 4.90 Å². The molecule has 2 fully saturated rings. The SMILES string of the molecule is CC(C)(C)OC(=O)N1CCN(c2ncc(Cc3cccc(CC4(C)OB(Cc5ccccc5)OC4(C)C)c3)cn2)CC1. The van der Waals surface area contributed by atoms with Crippen molar-refractivity contribution in [1.82, 2.24) is 14.9 Å². The van der Waals surface area contributed by atoms with Gasteiger partial charge in [0.05, 0.1) is 11.2 Å². The molecule has 0 aliphatic carbocycles. The van der Waals surface area contributed by atoms with Gasteiger partial charge < -0.3 is 23.8 Å². The molecule has 2 aliphatic rings. The Hall–Kier alpha value is -3.43. The van der Waals surface area contributed by atoms with Gasteiger partial charge in [0.25, 0.3) is 0 Å². The van der Waals surface area contributed by atoms with Crippen LogP contribution in [0.1, 0.15) is 63.8 Å². The number of piperazine rings is 1. The first kappa shape index (κ1) is 30.0. The molecule has 3 aromatic rings. The highest BCUT2D eigenvalue weighted by Crippen LogP contribution is 2.40. The summed E-state index contributed by atoms with van der Waals surface area (Å²) in [6.45, 7) is 14.6. The number of anilines is 1. The minimum Gasteiger partial charge on any atom is -0.444 e. The summed E-state index contributed by atoms with van der Waals surface area (Å²) < 4.78 is 18.5. The van der Waals surface area contributed by atoms with Crippen LogP contribution in [0.4, 0.5) is 10.7 Å². The quantitative estimate of drug-likeness (QED) is 0.346. The lowest BCUT2D eigenvalue weighted by atomic mass is 9.80. The van der Waals surface area contributed by atoms with Gasteiger partial charge in [-0.15, -0.1) is 0 Å². The fraction of sp³-hybridized carbons (Fsp3) is 0.485. The van der Waals surface area contributed by atoms with Gasteiger partial charge in [-0.05, 0) is 58.2 Å². The second-order valence-electron chi connectivity index (χ2n) is 13.1. The Morgan fingerprint density at radius 1 is 0.881 bits per heavy atom. The van der Waals surface area contributed by atoms with Crippen LogP contribution in [0.3, 0.4) is 0 Å². The zero-order chi connectivity index (χ0) is 30.0. The van der Waals surface area contributed by atoms with Crippen LogP contribution < -0.4 is 4.90 Å². The molecule has 9 heteroatoms. The zero-order valence-electron chi connectivity index (χ0n) is 25.8. The fourth-order valence-electron chi connectivity index (χ4n) is 5.55. The van der Waals surface area contributed by atoms with Gasteiger partial charge in [0.2, 0.25) is 5.95 Å². The standard InChI is InChI=1S/C33H43BN4O4/c1-31(2,3)40-30(39)38-17-15-37(16-18-38)29-35-23-28(24-36-29)20-26-13-10-14-27(19-26)21-33(6)32(4,5)41-34(42-33)22-25-11-8-7-9-12-25/h7-14,19,23-24H,15-18,20-22H2,1-6H3. The summed E-state index contributed by atoms with van der Waals surface area (Å²) in [6, 6.07) is 19.0. The van der Waals surface area contributed by atoms with Gasteiger partial charge in [0, 0.05) is 57.7 Å². The Morgan fingerprint density at radius 3 is 2.19 bits per heavy atom. The number of benzene rings is 2. The van der Waals surface area contributed by atoms with Crippen molar-refractivity contribution < 1.29 is 18.8 Å². The molecule has 0 radical (unpaired) electrons. The van der Waals surface area contributed by atoms with E-state index in [4.69, 9.17) is 14.0 Å². The number of amides is 1. The third-order valence-electron chi connectivity index (χ3n) is 8.18. The van der Waals surface area contributed by atoms with Crippen molar-refractivity contribution in [3.05, 3.63) is 89.2 Å². The molecule has 1 aromatic heterocycles. The summed E-state index contributed by atoms with van der Waals surface area (Å²) in [4.78, 5) is 25.5. The summed E-state index contributed by atoms with van der Waals surface area (Å²) in [5.41, 5.74) is 3.31. The van der Waals surface area contributed by atoms with E-state index in [2.05, 4.69) is 72.0 Å². The van der Waals surface area contributed by atoms with Gasteiger partial charge in [-0.1, -0.05) is 60.2 Å². The number of ether oxygens (including phenoxy) is 1. The van der Waals surface area contributed by atoms with Crippen molar-refractivity contribution in [2.75, 3.05) is 31.1 Å². The lowest BCUT2D eigenvalue weighted by Crippen LogP contribution is -2.50. The van der Waals surface area contributed by atoms with Crippen LogP contribution in [-0.2, 0) is 33.2 Å². The summed E-state index contributed by atoms with van der Waals surface area (Å²) >= 11 is 0. The first-order valence-corrected chi connectivity index (χ1v) is 14.9. The molecule has 1 unspecified atom stereocenters. The van der Waals surface area contributed by atoms with Crippen LogP contribution in [-0.4, -0.2) is 71.1 Å². The van der Waals surface area contributed by atoms with Crippen molar-refractivity contribution >= 4 is 19.2 Å². The largest absolute Gasteiger partial charge is 0.462 e. The number of carbonyl (C=O) groups excluding carboxylic acids is 1. The normalized spacial score (nSPS) is 20.6. The van der Waals surface area contributed by atoms with Crippen LogP contribution >= 0.6 is 0 Å². The maximum Gasteiger partial charge on any atom is 0.462 e. The monoisotopic (exact) mass is 570 g/mol. The van der Waals surface area contributed by atoms with Crippen molar-refractivity contribution in [2.24, 2.45) is 0 Å². The van der Waals surface area contributed by atoms with Gasteiger partial charge >= 0.3 is 13.2 Å². The molecular weight excluding hydrogens is 527 g/mol. The summed E-state index contributed by atoms with van der Waals surface area (Å²) in [6.07, 6.45) is 5.77. The Balaban J connectivity index is 1.17. The minimum absolute atomic E-state index is 0.266. The third-order valence-corrected chi connectivity index (χ3v) is 8.18. The van der Waals surface area contributed by atoms with E-state index in [1.165, 1.54) is 16.7 Å². The lowest BCUT2D eigenvalue weighted by Gasteiger charge is -2.36. The van der Waals surface area contributed by atoms with Gasteiger partial charge in [-0.25, -0.2) is 14.8 Å². The van der Waals surface area contributed by atoms with Crippen molar-refractivity contribution in [3.63, 3.8) is 0 Å². The topological polar surface area (TPSA) is 77.0 Å². The highest BCUT2D eigenvalue weighted by molar-refractivity contribution is 6.45. The molecule has 2 saturated heterocycles. The molecular formula is C33H43BN4O4. The van der Waals surface area contributed by atoms with Gasteiger partial charge in [-0.2, -0.15) is 0 Å². The predicted molar refractivity (Wildman–Crippen MR) is 166 cm³/mol. The Morgan fingerprint density at radius 2 is 1.52 bits per heavy atom. The maximum atomic E-state index is 12.4. The highest BCUT2D eigenvalue weighted by atomic mass is 16.7. The molecule has 222 valence electrons. The second-order valence-corrected chi connectivity index (χ2v) is 13.1. The number of hydrogen-bond acceptors (Lipinski definition) is 7. The molecule has 0 spiro atoms. The molecule has 8 nitrogen and oxygen atoms in total. The number of rotatable bonds is 7. The predicted octanol–water partition coefficient (Wildman–Crippen LogP) is 5.52. The van der Waals surface area contributed by atoms with E-state index < -0.39 is 16.8 Å². The van der Waals surface area contributed by atoms with Gasteiger partial charge in [0.1, 0.15) is 5.60 Å². The van der Waals surface area contributed by atoms with E-state index in [1.807, 2.05) is 51.4 Å². The minimum atomic E-state index is -0.495. The smallest absolute Gasteiger partial charge is 0.444 e. The van der Waals surface area contributed by atoms with E-state index >= 15 is 0 Å². The third kappa shape index (κ3) is 7.31. The second kappa shape index (κ2) is 12.1. The van der Waals surface area contributed by atoms with E-state index in [9.17, 15) is 4.79 Å². The first-order valence-electron chi connectivity index (χ1n) is 14.9. The molecule has 1 amide bonds. The molecule has 5 rings (SSSR count). The van der Waals surface area contributed by atoms with E-state index in [0.717, 1.165) is 24.7 Å². The molecule has 0 saturated carbocycles. The van der Waals surface area contributed by atoms with Crippen LogP contribution in [0.25, 0.3) is 0 Å². The van der Waals surface area contributed by atoms with Crippen molar-refractivity contribution in [1.29, 1.82) is 0 Å². The van der Waals surface area contributed by atoms with Crippen LogP contribution in [0, 0.1) is 0 Å². The Kier molecular flexibility index (Phi) is 8.62. The molecule has 2 aromatic carbocycles. The van der Waals surface area contributed by atoms with Crippen molar-refractivity contribution in [3.8, 4) is 0 Å². The number of hydrogen-bond donors (Lipinski definition) is 0. The molecule has 0 N–H and O–H groups in total. The number of aromatic nitrogens is 2. The molecule has 2 aliphatic heterocycles. The maximum absolute atomic E-state index is 12.4. The molecule has 1 atom stereocenters. The number of nitrogens with zero attached hydrogens (tertiary/aromatic N) is 4. The van der Waals surface area contributed by atoms with Crippen LogP contribution in [0.5, 0.6) is 0 Å². The van der Waals surface area contributed by atoms with Crippen LogP contribution in [0.15, 0.2) is 67.0 Å². The van der Waals surface area contributed by atoms with Gasteiger partial charge in [0.15, 0.2) is 0 Å². The summed E-state index contributed by atoms with van der Waals surface area (Å²) in [7, 11) is -0.272. The Labute approximate surface area is 250 Å². The average molecular weight is 571 g/mol. The molecule has 3 heterocycles. The van der Waals surface area contributed by atoms with E-state index in [-0.39, 0.29) is 13.2 Å². The fourth-order valence-corrected chi connectivity index (χ4v) is 5.55. The van der Waals surface area contributed by atoms with Crippen molar-refractivity contribution in [2.45, 2.75) is 77.5 Å². The van der Waals surface area contributed by atoms with Crippen LogP contribution in [0.2, 0.25) is 0 Å². The van der Waals surface area contributed by atoms with Gasteiger partial charge in [-0.3, -0.25) is 0 Å². The Bertz CT molecular complexity index is 1350. The average Bonchev–Trinajstić information content (AvgIpc) is 3.15. The highest BCUT2D eigenvalue weighted by Gasteiger charge is 2.53. The molecule has 42 heavy (non-hydrogen) atoms. The first-order chi connectivity index (χ1) is 19.9.